The van der Waals surface area contributed by atoms with E-state index < -0.39 is 17.4 Å². The Labute approximate surface area is 71.2 Å². The van der Waals surface area contributed by atoms with Crippen LogP contribution in [0.15, 0.2) is 0 Å². The van der Waals surface area contributed by atoms with E-state index in [1.807, 2.05) is 13.8 Å². The van der Waals surface area contributed by atoms with Gasteiger partial charge in [0.1, 0.15) is 0 Å². The standard InChI is InChI=1S/C6H8O4.C2H6/c7-4(8)6(5(9)10)2-1-3-6;1-2/h1-3H2,(H,7,8)(H,9,10);1-2H3. The van der Waals surface area contributed by atoms with Gasteiger partial charge in [-0.1, -0.05) is 13.8 Å². The monoisotopic (exact) mass is 174 g/mol. The minimum Gasteiger partial charge on any atom is -0.480 e. The molecule has 1 rings (SSSR count). The number of carboxylic acids is 2. The number of rotatable bonds is 2. The van der Waals surface area contributed by atoms with E-state index in [2.05, 4.69) is 0 Å². The highest BCUT2D eigenvalue weighted by atomic mass is 16.4. The van der Waals surface area contributed by atoms with Crippen molar-refractivity contribution in [1.82, 2.24) is 0 Å². The fraction of sp³-hybridized carbons (Fsp3) is 0.750. The van der Waals surface area contributed by atoms with E-state index in [9.17, 15) is 9.59 Å². The van der Waals surface area contributed by atoms with Crippen LogP contribution in [0.5, 0.6) is 0 Å². The maximum absolute atomic E-state index is 10.4. The zero-order chi connectivity index (χ0) is 9.78. The van der Waals surface area contributed by atoms with Crippen molar-refractivity contribution in [2.75, 3.05) is 0 Å². The highest BCUT2D eigenvalue weighted by molar-refractivity contribution is 5.99. The summed E-state index contributed by atoms with van der Waals surface area (Å²) < 4.78 is 0. The summed E-state index contributed by atoms with van der Waals surface area (Å²) in [5.74, 6) is -2.41. The van der Waals surface area contributed by atoms with E-state index >= 15 is 0 Å². The molecule has 12 heavy (non-hydrogen) atoms. The molecule has 0 amide bonds. The lowest BCUT2D eigenvalue weighted by Crippen LogP contribution is -2.44. The van der Waals surface area contributed by atoms with Gasteiger partial charge in [0.25, 0.3) is 0 Å². The second kappa shape index (κ2) is 4.09. The zero-order valence-corrected chi connectivity index (χ0v) is 7.33. The molecule has 70 valence electrons. The molecule has 1 fully saturated rings. The lowest BCUT2D eigenvalue weighted by atomic mass is 9.69. The smallest absolute Gasteiger partial charge is 0.321 e. The fourth-order valence-electron chi connectivity index (χ4n) is 1.05. The first-order valence-corrected chi connectivity index (χ1v) is 4.06. The lowest BCUT2D eigenvalue weighted by molar-refractivity contribution is -0.171. The molecule has 2 N–H and O–H groups in total. The van der Waals surface area contributed by atoms with Gasteiger partial charge in [-0.3, -0.25) is 9.59 Å². The van der Waals surface area contributed by atoms with Gasteiger partial charge in [-0.25, -0.2) is 0 Å². The molecule has 1 aliphatic rings. The Hall–Kier alpha value is -1.06. The maximum atomic E-state index is 10.4. The predicted molar refractivity (Wildman–Crippen MR) is 42.9 cm³/mol. The summed E-state index contributed by atoms with van der Waals surface area (Å²) in [6.45, 7) is 4.00. The molecule has 1 saturated carbocycles. The van der Waals surface area contributed by atoms with E-state index in [4.69, 9.17) is 10.2 Å². The SMILES string of the molecule is CC.O=C(O)C1(C(=O)O)CCC1. The molecule has 0 bridgehead atoms. The Morgan fingerprint density at radius 1 is 1.08 bits per heavy atom. The van der Waals surface area contributed by atoms with E-state index in [0.717, 1.165) is 0 Å². The van der Waals surface area contributed by atoms with Gasteiger partial charge in [0, 0.05) is 0 Å². The van der Waals surface area contributed by atoms with Gasteiger partial charge in [0.15, 0.2) is 5.41 Å². The lowest BCUT2D eigenvalue weighted by Gasteiger charge is -2.32. The number of hydrogen-bond acceptors (Lipinski definition) is 2. The first-order chi connectivity index (χ1) is 5.59. The average molecular weight is 174 g/mol. The van der Waals surface area contributed by atoms with Gasteiger partial charge < -0.3 is 10.2 Å². The van der Waals surface area contributed by atoms with Gasteiger partial charge in [0.2, 0.25) is 0 Å². The van der Waals surface area contributed by atoms with Crippen molar-refractivity contribution in [2.24, 2.45) is 5.41 Å². The van der Waals surface area contributed by atoms with E-state index in [0.29, 0.717) is 6.42 Å². The summed E-state index contributed by atoms with van der Waals surface area (Å²) in [5, 5.41) is 16.9. The largest absolute Gasteiger partial charge is 0.480 e. The van der Waals surface area contributed by atoms with E-state index in [1.165, 1.54) is 0 Å². The van der Waals surface area contributed by atoms with Crippen LogP contribution in [-0.2, 0) is 9.59 Å². The molecule has 0 aliphatic heterocycles. The first-order valence-electron chi connectivity index (χ1n) is 4.06. The molecule has 1 aliphatic carbocycles. The summed E-state index contributed by atoms with van der Waals surface area (Å²) in [6, 6.07) is 0. The number of hydrogen-bond donors (Lipinski definition) is 2. The molecule has 0 aromatic carbocycles. The number of carbonyl (C=O) groups is 2. The Balaban J connectivity index is 0.000000561. The number of carboxylic acid groups (broad SMARTS) is 2. The van der Waals surface area contributed by atoms with Crippen LogP contribution in [0.25, 0.3) is 0 Å². The second-order valence-electron chi connectivity index (χ2n) is 2.55. The van der Waals surface area contributed by atoms with Crippen LogP contribution < -0.4 is 0 Å². The van der Waals surface area contributed by atoms with E-state index in [1.54, 1.807) is 0 Å². The van der Waals surface area contributed by atoms with Crippen molar-refractivity contribution in [3.05, 3.63) is 0 Å². The van der Waals surface area contributed by atoms with Crippen molar-refractivity contribution in [2.45, 2.75) is 33.1 Å². The van der Waals surface area contributed by atoms with Gasteiger partial charge in [-0.2, -0.15) is 0 Å². The molecular weight excluding hydrogens is 160 g/mol. The molecule has 0 radical (unpaired) electrons. The number of aliphatic carboxylic acids is 2. The summed E-state index contributed by atoms with van der Waals surface area (Å²) in [7, 11) is 0. The fourth-order valence-corrected chi connectivity index (χ4v) is 1.05. The molecule has 4 nitrogen and oxygen atoms in total. The van der Waals surface area contributed by atoms with E-state index in [-0.39, 0.29) is 12.8 Å². The van der Waals surface area contributed by atoms with Crippen LogP contribution in [-0.4, -0.2) is 22.2 Å². The highest BCUT2D eigenvalue weighted by Crippen LogP contribution is 2.41. The quantitative estimate of drug-likeness (QED) is 0.619. The molecule has 0 aromatic rings. The van der Waals surface area contributed by atoms with Crippen molar-refractivity contribution in [3.8, 4) is 0 Å². The topological polar surface area (TPSA) is 74.6 Å². The molecule has 0 saturated heterocycles. The molecule has 0 unspecified atom stereocenters. The summed E-state index contributed by atoms with van der Waals surface area (Å²) in [6.07, 6.45) is 1.26. The average Bonchev–Trinajstić information content (AvgIpc) is 1.87. The normalized spacial score (nSPS) is 18.2. The van der Waals surface area contributed by atoms with Crippen molar-refractivity contribution in [3.63, 3.8) is 0 Å². The Morgan fingerprint density at radius 3 is 1.42 bits per heavy atom. The van der Waals surface area contributed by atoms with Crippen LogP contribution >= 0.6 is 0 Å². The zero-order valence-electron chi connectivity index (χ0n) is 7.33. The first kappa shape index (κ1) is 10.9. The Morgan fingerprint density at radius 2 is 1.42 bits per heavy atom. The van der Waals surface area contributed by atoms with Crippen molar-refractivity contribution < 1.29 is 19.8 Å². The third-order valence-electron chi connectivity index (χ3n) is 2.03. The molecule has 0 aromatic heterocycles. The molecule has 0 heterocycles. The third kappa shape index (κ3) is 1.57. The third-order valence-corrected chi connectivity index (χ3v) is 2.03. The summed E-state index contributed by atoms with van der Waals surface area (Å²) in [5.41, 5.74) is -1.44. The van der Waals surface area contributed by atoms with Gasteiger partial charge >= 0.3 is 11.9 Å². The van der Waals surface area contributed by atoms with Crippen molar-refractivity contribution >= 4 is 11.9 Å². The summed E-state index contributed by atoms with van der Waals surface area (Å²) in [4.78, 5) is 20.7. The van der Waals surface area contributed by atoms with Crippen LogP contribution in [0.4, 0.5) is 0 Å². The van der Waals surface area contributed by atoms with Crippen LogP contribution in [0.3, 0.4) is 0 Å². The Kier molecular flexibility index (Phi) is 3.73. The van der Waals surface area contributed by atoms with Gasteiger partial charge in [-0.15, -0.1) is 0 Å². The van der Waals surface area contributed by atoms with Gasteiger partial charge in [0.05, 0.1) is 0 Å². The predicted octanol–water partition coefficient (Wildman–Crippen LogP) is 1.35. The molecule has 4 heteroatoms. The highest BCUT2D eigenvalue weighted by Gasteiger charge is 2.51. The van der Waals surface area contributed by atoms with Crippen LogP contribution in [0, 0.1) is 5.41 Å². The van der Waals surface area contributed by atoms with Gasteiger partial charge in [-0.05, 0) is 19.3 Å². The Bertz CT molecular complexity index is 165. The molecule has 0 atom stereocenters. The van der Waals surface area contributed by atoms with Crippen LogP contribution in [0.2, 0.25) is 0 Å². The molecule has 0 spiro atoms. The minimum atomic E-state index is -1.44. The molecular formula is C8H14O4. The maximum Gasteiger partial charge on any atom is 0.321 e. The minimum absolute atomic E-state index is 0.275. The second-order valence-corrected chi connectivity index (χ2v) is 2.55. The van der Waals surface area contributed by atoms with Crippen molar-refractivity contribution in [1.29, 1.82) is 0 Å². The summed E-state index contributed by atoms with van der Waals surface area (Å²) >= 11 is 0. The van der Waals surface area contributed by atoms with Crippen LogP contribution in [0.1, 0.15) is 33.1 Å².